The number of rotatable bonds is 5. The van der Waals surface area contributed by atoms with Gasteiger partial charge < -0.3 is 10.5 Å². The second-order valence-corrected chi connectivity index (χ2v) is 6.21. The monoisotopic (exact) mass is 303 g/mol. The number of nitrogens with two attached hydrogens (primary N) is 1. The standard InChI is InChI=1S/C12H18BrNOS/c1-2-10(14)12(15-9-4-3-5-9)11-6-8(13)7-16-11/h6-7,9-10,12H,2-5,14H2,1H3. The lowest BCUT2D eigenvalue weighted by Gasteiger charge is -2.32. The predicted molar refractivity (Wildman–Crippen MR) is 71.8 cm³/mol. The highest BCUT2D eigenvalue weighted by Crippen LogP contribution is 2.35. The molecule has 2 nitrogen and oxygen atoms in total. The summed E-state index contributed by atoms with van der Waals surface area (Å²) in [7, 11) is 0. The minimum Gasteiger partial charge on any atom is -0.368 e. The van der Waals surface area contributed by atoms with Crippen LogP contribution >= 0.6 is 27.3 Å². The van der Waals surface area contributed by atoms with Crippen LogP contribution in [0.2, 0.25) is 0 Å². The highest BCUT2D eigenvalue weighted by molar-refractivity contribution is 9.10. The summed E-state index contributed by atoms with van der Waals surface area (Å²) in [4.78, 5) is 1.24. The van der Waals surface area contributed by atoms with Gasteiger partial charge in [-0.15, -0.1) is 11.3 Å². The highest BCUT2D eigenvalue weighted by Gasteiger charge is 2.27. The summed E-state index contributed by atoms with van der Waals surface area (Å²) in [5, 5.41) is 2.09. The number of thiophene rings is 1. The first-order valence-corrected chi connectivity index (χ1v) is 7.53. The van der Waals surface area contributed by atoms with Crippen molar-refractivity contribution in [2.45, 2.75) is 50.9 Å². The Morgan fingerprint density at radius 1 is 1.62 bits per heavy atom. The second-order valence-electron chi connectivity index (χ2n) is 4.35. The fraction of sp³-hybridized carbons (Fsp3) is 0.667. The van der Waals surface area contributed by atoms with Gasteiger partial charge in [-0.05, 0) is 47.7 Å². The van der Waals surface area contributed by atoms with Crippen LogP contribution in [0.15, 0.2) is 15.9 Å². The van der Waals surface area contributed by atoms with Crippen LogP contribution in [0, 0.1) is 0 Å². The van der Waals surface area contributed by atoms with Gasteiger partial charge in [-0.3, -0.25) is 0 Å². The van der Waals surface area contributed by atoms with Crippen molar-refractivity contribution >= 4 is 27.3 Å². The number of halogens is 1. The van der Waals surface area contributed by atoms with Crippen LogP contribution in [0.3, 0.4) is 0 Å². The Bertz CT molecular complexity index is 338. The molecule has 90 valence electrons. The predicted octanol–water partition coefficient (Wildman–Crippen LogP) is 3.86. The van der Waals surface area contributed by atoms with Gasteiger partial charge >= 0.3 is 0 Å². The zero-order chi connectivity index (χ0) is 11.5. The maximum absolute atomic E-state index is 6.15. The van der Waals surface area contributed by atoms with Crippen molar-refractivity contribution in [3.05, 3.63) is 20.8 Å². The van der Waals surface area contributed by atoms with Gasteiger partial charge in [0.2, 0.25) is 0 Å². The quantitative estimate of drug-likeness (QED) is 0.896. The van der Waals surface area contributed by atoms with Crippen molar-refractivity contribution < 1.29 is 4.74 Å². The average molecular weight is 304 g/mol. The number of hydrogen-bond donors (Lipinski definition) is 1. The van der Waals surface area contributed by atoms with Gasteiger partial charge in [-0.2, -0.15) is 0 Å². The molecule has 2 atom stereocenters. The third-order valence-electron chi connectivity index (χ3n) is 3.12. The van der Waals surface area contributed by atoms with Crippen molar-refractivity contribution in [1.29, 1.82) is 0 Å². The molecule has 2 rings (SSSR count). The van der Waals surface area contributed by atoms with Gasteiger partial charge in [-0.1, -0.05) is 6.92 Å². The molecule has 0 aromatic carbocycles. The van der Waals surface area contributed by atoms with E-state index in [1.54, 1.807) is 11.3 Å². The SMILES string of the molecule is CCC(N)C(OC1CCC1)c1cc(Br)cs1. The zero-order valence-electron chi connectivity index (χ0n) is 9.49. The Kier molecular flexibility index (Phi) is 4.41. The Labute approximate surface area is 109 Å². The molecule has 0 spiro atoms. The second kappa shape index (κ2) is 5.63. The lowest BCUT2D eigenvalue weighted by atomic mass is 9.95. The smallest absolute Gasteiger partial charge is 0.107 e. The first kappa shape index (κ1) is 12.6. The van der Waals surface area contributed by atoms with Crippen LogP contribution in [-0.2, 0) is 4.74 Å². The molecule has 0 aliphatic heterocycles. The summed E-state index contributed by atoms with van der Waals surface area (Å²) in [5.74, 6) is 0. The molecule has 1 aliphatic rings. The van der Waals surface area contributed by atoms with E-state index in [1.165, 1.54) is 24.1 Å². The fourth-order valence-electron chi connectivity index (χ4n) is 1.78. The summed E-state index contributed by atoms with van der Waals surface area (Å²) < 4.78 is 7.23. The molecular weight excluding hydrogens is 286 g/mol. The Morgan fingerprint density at radius 3 is 2.81 bits per heavy atom. The Hall–Kier alpha value is 0.1000. The molecule has 1 aliphatic carbocycles. The summed E-state index contributed by atoms with van der Waals surface area (Å²) in [6.45, 7) is 2.12. The van der Waals surface area contributed by atoms with E-state index in [0.29, 0.717) is 6.10 Å². The van der Waals surface area contributed by atoms with Gasteiger partial charge in [0.15, 0.2) is 0 Å². The lowest BCUT2D eigenvalue weighted by Crippen LogP contribution is -2.34. The van der Waals surface area contributed by atoms with Gasteiger partial charge in [-0.25, -0.2) is 0 Å². The molecule has 2 unspecified atom stereocenters. The van der Waals surface area contributed by atoms with E-state index >= 15 is 0 Å². The zero-order valence-corrected chi connectivity index (χ0v) is 11.9. The number of ether oxygens (including phenoxy) is 1. The highest BCUT2D eigenvalue weighted by atomic mass is 79.9. The van der Waals surface area contributed by atoms with Gasteiger partial charge in [0, 0.05) is 20.8 Å². The van der Waals surface area contributed by atoms with E-state index in [4.69, 9.17) is 10.5 Å². The van der Waals surface area contributed by atoms with Crippen LogP contribution in [0.25, 0.3) is 0 Å². The molecule has 1 aromatic heterocycles. The molecule has 4 heteroatoms. The van der Waals surface area contributed by atoms with Crippen molar-refractivity contribution in [3.63, 3.8) is 0 Å². The minimum absolute atomic E-state index is 0.0756. The topological polar surface area (TPSA) is 35.2 Å². The van der Waals surface area contributed by atoms with E-state index in [1.807, 2.05) is 0 Å². The van der Waals surface area contributed by atoms with E-state index in [-0.39, 0.29) is 12.1 Å². The number of hydrogen-bond acceptors (Lipinski definition) is 3. The van der Waals surface area contributed by atoms with E-state index in [0.717, 1.165) is 10.9 Å². The van der Waals surface area contributed by atoms with Crippen LogP contribution in [0.5, 0.6) is 0 Å². The molecule has 0 saturated heterocycles. The minimum atomic E-state index is 0.0756. The first-order valence-electron chi connectivity index (χ1n) is 5.85. The van der Waals surface area contributed by atoms with Crippen LogP contribution in [0.4, 0.5) is 0 Å². The maximum Gasteiger partial charge on any atom is 0.107 e. The molecule has 0 bridgehead atoms. The largest absolute Gasteiger partial charge is 0.368 e. The summed E-state index contributed by atoms with van der Waals surface area (Å²) >= 11 is 5.21. The van der Waals surface area contributed by atoms with Gasteiger partial charge in [0.25, 0.3) is 0 Å². The molecule has 1 fully saturated rings. The molecule has 1 heterocycles. The molecular formula is C12H18BrNOS. The Morgan fingerprint density at radius 2 is 2.38 bits per heavy atom. The van der Waals surface area contributed by atoms with E-state index < -0.39 is 0 Å². The Balaban J connectivity index is 2.06. The molecule has 16 heavy (non-hydrogen) atoms. The molecule has 0 amide bonds. The van der Waals surface area contributed by atoms with Crippen molar-refractivity contribution in [3.8, 4) is 0 Å². The van der Waals surface area contributed by atoms with E-state index in [9.17, 15) is 0 Å². The van der Waals surface area contributed by atoms with Gasteiger partial charge in [0.05, 0.1) is 6.10 Å². The normalized spacial score (nSPS) is 20.4. The molecule has 1 saturated carbocycles. The van der Waals surface area contributed by atoms with E-state index in [2.05, 4.69) is 34.3 Å². The van der Waals surface area contributed by atoms with Crippen molar-refractivity contribution in [2.24, 2.45) is 5.73 Å². The fourth-order valence-corrected chi connectivity index (χ4v) is 3.34. The van der Waals surface area contributed by atoms with Crippen LogP contribution in [-0.4, -0.2) is 12.1 Å². The summed E-state index contributed by atoms with van der Waals surface area (Å²) in [5.41, 5.74) is 6.15. The summed E-state index contributed by atoms with van der Waals surface area (Å²) in [6.07, 6.45) is 5.15. The lowest BCUT2D eigenvalue weighted by molar-refractivity contribution is -0.0622. The first-order chi connectivity index (χ1) is 7.70. The summed E-state index contributed by atoms with van der Waals surface area (Å²) in [6, 6.07) is 2.23. The third kappa shape index (κ3) is 2.86. The van der Waals surface area contributed by atoms with Crippen molar-refractivity contribution in [1.82, 2.24) is 0 Å². The molecule has 1 aromatic rings. The molecule has 0 radical (unpaired) electrons. The third-order valence-corrected chi connectivity index (χ3v) is 4.87. The van der Waals surface area contributed by atoms with Crippen molar-refractivity contribution in [2.75, 3.05) is 0 Å². The maximum atomic E-state index is 6.15. The molecule has 2 N–H and O–H groups in total. The van der Waals surface area contributed by atoms with Gasteiger partial charge in [0.1, 0.15) is 6.10 Å². The van der Waals surface area contributed by atoms with Crippen LogP contribution < -0.4 is 5.73 Å². The average Bonchev–Trinajstić information content (AvgIpc) is 2.62. The van der Waals surface area contributed by atoms with Crippen LogP contribution in [0.1, 0.15) is 43.6 Å².